The van der Waals surface area contributed by atoms with Crippen molar-refractivity contribution in [3.05, 3.63) is 5.28 Å². The number of hydrogen-bond donors (Lipinski definition) is 1. The van der Waals surface area contributed by atoms with Gasteiger partial charge in [-0.3, -0.25) is 0 Å². The Bertz CT molecular complexity index is 404. The Hall–Kier alpha value is -1.10. The van der Waals surface area contributed by atoms with Crippen molar-refractivity contribution in [2.24, 2.45) is 5.92 Å². The summed E-state index contributed by atoms with van der Waals surface area (Å²) in [5.41, 5.74) is 0. The molecule has 1 saturated heterocycles. The normalized spacial score (nSPS) is 16.7. The predicted molar refractivity (Wildman–Crippen MR) is 78.8 cm³/mol. The van der Waals surface area contributed by atoms with E-state index in [1.54, 1.807) is 0 Å². The van der Waals surface area contributed by atoms with Gasteiger partial charge in [-0.2, -0.15) is 15.0 Å². The largest absolute Gasteiger partial charge is 0.354 e. The molecule has 0 saturated carbocycles. The van der Waals surface area contributed by atoms with Crippen molar-refractivity contribution in [3.8, 4) is 0 Å². The Kier molecular flexibility index (Phi) is 5.19. The Labute approximate surface area is 119 Å². The number of rotatable bonds is 5. The van der Waals surface area contributed by atoms with Gasteiger partial charge in [-0.15, -0.1) is 0 Å². The van der Waals surface area contributed by atoms with Crippen LogP contribution >= 0.6 is 11.6 Å². The topological polar surface area (TPSA) is 53.9 Å². The van der Waals surface area contributed by atoms with Crippen molar-refractivity contribution < 1.29 is 0 Å². The fraction of sp³-hybridized carbons (Fsp3) is 0.769. The fourth-order valence-electron chi connectivity index (χ4n) is 2.34. The van der Waals surface area contributed by atoms with E-state index < -0.39 is 0 Å². The quantitative estimate of drug-likeness (QED) is 0.900. The van der Waals surface area contributed by atoms with Gasteiger partial charge in [-0.25, -0.2) is 0 Å². The first-order chi connectivity index (χ1) is 9.22. The standard InChI is InChI=1S/C13H22ClN5/c1-3-7-15-12-16-11(14)17-13(18-12)19-8-5-10(4-2)6-9-19/h10H,3-9H2,1-2H3,(H,15,16,17,18). The zero-order valence-electron chi connectivity index (χ0n) is 11.7. The second kappa shape index (κ2) is 6.89. The van der Waals surface area contributed by atoms with E-state index in [0.29, 0.717) is 11.9 Å². The molecule has 1 N–H and O–H groups in total. The molecule has 0 atom stereocenters. The lowest BCUT2D eigenvalue weighted by molar-refractivity contribution is 0.392. The Morgan fingerprint density at radius 1 is 1.21 bits per heavy atom. The molecule has 1 aromatic heterocycles. The lowest BCUT2D eigenvalue weighted by atomic mass is 9.95. The van der Waals surface area contributed by atoms with E-state index >= 15 is 0 Å². The molecule has 1 aliphatic heterocycles. The van der Waals surface area contributed by atoms with Gasteiger partial charge in [-0.05, 0) is 36.8 Å². The molecule has 6 heteroatoms. The molecule has 0 bridgehead atoms. The van der Waals surface area contributed by atoms with Crippen LogP contribution in [0.3, 0.4) is 0 Å². The number of nitrogens with one attached hydrogen (secondary N) is 1. The van der Waals surface area contributed by atoms with Gasteiger partial charge >= 0.3 is 0 Å². The molecule has 19 heavy (non-hydrogen) atoms. The van der Waals surface area contributed by atoms with Gasteiger partial charge in [0.2, 0.25) is 17.2 Å². The number of anilines is 2. The average molecular weight is 284 g/mol. The number of nitrogens with zero attached hydrogens (tertiary/aromatic N) is 4. The van der Waals surface area contributed by atoms with E-state index in [0.717, 1.165) is 32.0 Å². The molecular weight excluding hydrogens is 262 g/mol. The van der Waals surface area contributed by atoms with E-state index in [2.05, 4.69) is 39.0 Å². The SMILES string of the molecule is CCCNc1nc(Cl)nc(N2CCC(CC)CC2)n1. The predicted octanol–water partition coefficient (Wildman–Crippen LogP) is 2.97. The molecule has 0 radical (unpaired) electrons. The summed E-state index contributed by atoms with van der Waals surface area (Å²) < 4.78 is 0. The van der Waals surface area contributed by atoms with Gasteiger partial charge in [0, 0.05) is 19.6 Å². The molecule has 0 unspecified atom stereocenters. The third-order valence-corrected chi connectivity index (χ3v) is 3.77. The summed E-state index contributed by atoms with van der Waals surface area (Å²) in [5.74, 6) is 2.12. The van der Waals surface area contributed by atoms with Gasteiger partial charge in [0.15, 0.2) is 0 Å². The summed E-state index contributed by atoms with van der Waals surface area (Å²) in [7, 11) is 0. The van der Waals surface area contributed by atoms with Gasteiger partial charge in [0.25, 0.3) is 0 Å². The average Bonchev–Trinajstić information content (AvgIpc) is 2.44. The summed E-state index contributed by atoms with van der Waals surface area (Å²) >= 11 is 5.98. The molecule has 5 nitrogen and oxygen atoms in total. The minimum atomic E-state index is 0.265. The second-order valence-electron chi connectivity index (χ2n) is 4.99. The van der Waals surface area contributed by atoms with Crippen molar-refractivity contribution in [2.75, 3.05) is 29.9 Å². The van der Waals surface area contributed by atoms with Crippen molar-refractivity contribution in [3.63, 3.8) is 0 Å². The maximum atomic E-state index is 5.98. The summed E-state index contributed by atoms with van der Waals surface area (Å²) in [4.78, 5) is 15.0. The van der Waals surface area contributed by atoms with Crippen LogP contribution in [0.4, 0.5) is 11.9 Å². The highest BCUT2D eigenvalue weighted by Crippen LogP contribution is 2.23. The van der Waals surface area contributed by atoms with Gasteiger partial charge < -0.3 is 10.2 Å². The molecule has 0 aliphatic carbocycles. The number of piperidine rings is 1. The molecule has 1 fully saturated rings. The van der Waals surface area contributed by atoms with Crippen LogP contribution in [0.1, 0.15) is 39.5 Å². The molecule has 0 spiro atoms. The monoisotopic (exact) mass is 283 g/mol. The van der Waals surface area contributed by atoms with Gasteiger partial charge in [-0.1, -0.05) is 20.3 Å². The molecule has 106 valence electrons. The maximum Gasteiger partial charge on any atom is 0.231 e. The highest BCUT2D eigenvalue weighted by molar-refractivity contribution is 6.28. The van der Waals surface area contributed by atoms with Crippen LogP contribution < -0.4 is 10.2 Å². The molecular formula is C13H22ClN5. The Morgan fingerprint density at radius 3 is 2.58 bits per heavy atom. The van der Waals surface area contributed by atoms with Crippen molar-refractivity contribution in [2.45, 2.75) is 39.5 Å². The van der Waals surface area contributed by atoms with E-state index in [9.17, 15) is 0 Å². The molecule has 1 aliphatic rings. The van der Waals surface area contributed by atoms with Gasteiger partial charge in [0.05, 0.1) is 0 Å². The van der Waals surface area contributed by atoms with Crippen molar-refractivity contribution >= 4 is 23.5 Å². The lowest BCUT2D eigenvalue weighted by Gasteiger charge is -2.31. The molecule has 0 aromatic carbocycles. The first-order valence-corrected chi connectivity index (χ1v) is 7.51. The molecule has 1 aromatic rings. The van der Waals surface area contributed by atoms with Crippen LogP contribution in [0.5, 0.6) is 0 Å². The number of hydrogen-bond acceptors (Lipinski definition) is 5. The van der Waals surface area contributed by atoms with Crippen LogP contribution in [0.25, 0.3) is 0 Å². The van der Waals surface area contributed by atoms with E-state index in [1.165, 1.54) is 19.3 Å². The highest BCUT2D eigenvalue weighted by atomic mass is 35.5. The second-order valence-corrected chi connectivity index (χ2v) is 5.33. The van der Waals surface area contributed by atoms with Gasteiger partial charge in [0.1, 0.15) is 0 Å². The molecule has 2 heterocycles. The lowest BCUT2D eigenvalue weighted by Crippen LogP contribution is -2.35. The summed E-state index contributed by atoms with van der Waals surface area (Å²) in [6, 6.07) is 0. The summed E-state index contributed by atoms with van der Waals surface area (Å²) in [6.07, 6.45) is 4.70. The molecule has 2 rings (SSSR count). The Balaban J connectivity index is 2.05. The first-order valence-electron chi connectivity index (χ1n) is 7.13. The zero-order valence-corrected chi connectivity index (χ0v) is 12.4. The van der Waals surface area contributed by atoms with E-state index in [1.807, 2.05) is 0 Å². The van der Waals surface area contributed by atoms with Crippen LogP contribution in [-0.4, -0.2) is 34.6 Å². The highest BCUT2D eigenvalue weighted by Gasteiger charge is 2.20. The van der Waals surface area contributed by atoms with E-state index in [-0.39, 0.29) is 5.28 Å². The summed E-state index contributed by atoms with van der Waals surface area (Å²) in [6.45, 7) is 7.22. The minimum absolute atomic E-state index is 0.265. The molecule has 0 amide bonds. The maximum absolute atomic E-state index is 5.98. The van der Waals surface area contributed by atoms with Crippen molar-refractivity contribution in [1.82, 2.24) is 15.0 Å². The van der Waals surface area contributed by atoms with Crippen LogP contribution in [0.15, 0.2) is 0 Å². The third-order valence-electron chi connectivity index (χ3n) is 3.60. The zero-order chi connectivity index (χ0) is 13.7. The Morgan fingerprint density at radius 2 is 1.95 bits per heavy atom. The van der Waals surface area contributed by atoms with Crippen molar-refractivity contribution in [1.29, 1.82) is 0 Å². The first kappa shape index (κ1) is 14.3. The number of aromatic nitrogens is 3. The van der Waals surface area contributed by atoms with Crippen LogP contribution in [0.2, 0.25) is 5.28 Å². The number of halogens is 1. The smallest absolute Gasteiger partial charge is 0.231 e. The van der Waals surface area contributed by atoms with Crippen LogP contribution in [0, 0.1) is 5.92 Å². The van der Waals surface area contributed by atoms with E-state index in [4.69, 9.17) is 11.6 Å². The fourth-order valence-corrected chi connectivity index (χ4v) is 2.49. The minimum Gasteiger partial charge on any atom is -0.354 e. The van der Waals surface area contributed by atoms with Crippen LogP contribution in [-0.2, 0) is 0 Å². The third kappa shape index (κ3) is 3.93. The summed E-state index contributed by atoms with van der Waals surface area (Å²) in [5, 5.41) is 3.43.